The second-order valence-electron chi connectivity index (χ2n) is 7.93. The molecule has 2 unspecified atom stereocenters. The van der Waals surface area contributed by atoms with E-state index in [0.717, 1.165) is 35.3 Å². The molecule has 150 valence electrons. The number of imide groups is 1. The Bertz CT molecular complexity index is 926. The van der Waals surface area contributed by atoms with E-state index in [-0.39, 0.29) is 24.3 Å². The van der Waals surface area contributed by atoms with Gasteiger partial charge in [0.2, 0.25) is 5.91 Å². The molecule has 0 radical (unpaired) electrons. The van der Waals surface area contributed by atoms with Crippen LogP contribution in [0.4, 0.5) is 10.5 Å². The van der Waals surface area contributed by atoms with Crippen LogP contribution in [0.1, 0.15) is 32.6 Å². The van der Waals surface area contributed by atoms with Crippen LogP contribution < -0.4 is 10.6 Å². The summed E-state index contributed by atoms with van der Waals surface area (Å²) in [5.74, 6) is -0.586. The van der Waals surface area contributed by atoms with Crippen LogP contribution in [-0.4, -0.2) is 34.8 Å². The molecule has 1 saturated heterocycles. The molecule has 1 heterocycles. The first-order valence-corrected chi connectivity index (χ1v) is 10.1. The Hall–Kier alpha value is -3.15. The fourth-order valence-corrected chi connectivity index (χ4v) is 4.36. The normalized spacial score (nSPS) is 23.9. The molecule has 2 aromatic carbocycles. The van der Waals surface area contributed by atoms with Crippen molar-refractivity contribution in [1.29, 1.82) is 0 Å². The highest BCUT2D eigenvalue weighted by Crippen LogP contribution is 2.38. The first-order valence-electron chi connectivity index (χ1n) is 10.1. The van der Waals surface area contributed by atoms with Crippen molar-refractivity contribution < 1.29 is 14.4 Å². The molecular formula is C23H25N3O3. The third-order valence-electron chi connectivity index (χ3n) is 6.08. The van der Waals surface area contributed by atoms with Gasteiger partial charge in [0.15, 0.2) is 0 Å². The van der Waals surface area contributed by atoms with Crippen molar-refractivity contribution in [1.82, 2.24) is 10.2 Å². The molecular weight excluding hydrogens is 366 g/mol. The fraction of sp³-hybridized carbons (Fsp3) is 0.348. The lowest BCUT2D eigenvalue weighted by atomic mass is 9.73. The molecule has 2 N–H and O–H groups in total. The van der Waals surface area contributed by atoms with Crippen molar-refractivity contribution in [3.05, 3.63) is 54.6 Å². The molecule has 1 saturated carbocycles. The average molecular weight is 391 g/mol. The standard InChI is InChI=1S/C23H25N3O3/c1-16-7-5-6-14-23(16)21(28)26(22(29)25-23)15-20(27)24-19-12-10-18(11-13-19)17-8-3-2-4-9-17/h2-4,8-13,16H,5-7,14-15H2,1H3,(H,24,27)(H,25,29). The molecule has 4 rings (SSSR count). The number of nitrogens with zero attached hydrogens (tertiary/aromatic N) is 1. The SMILES string of the molecule is CC1CCCCC12NC(=O)N(CC(=O)Nc1ccc(-c3ccccc3)cc1)C2=O. The molecule has 1 spiro atoms. The minimum absolute atomic E-state index is 0.0753. The van der Waals surface area contributed by atoms with Crippen LogP contribution in [0, 0.1) is 5.92 Å². The van der Waals surface area contributed by atoms with Crippen LogP contribution in [0.3, 0.4) is 0 Å². The van der Waals surface area contributed by atoms with Gasteiger partial charge in [0.25, 0.3) is 5.91 Å². The van der Waals surface area contributed by atoms with Gasteiger partial charge in [-0.15, -0.1) is 0 Å². The van der Waals surface area contributed by atoms with E-state index in [4.69, 9.17) is 0 Å². The quantitative estimate of drug-likeness (QED) is 0.779. The second-order valence-corrected chi connectivity index (χ2v) is 7.93. The predicted molar refractivity (Wildman–Crippen MR) is 111 cm³/mol. The number of hydrogen-bond donors (Lipinski definition) is 2. The fourth-order valence-electron chi connectivity index (χ4n) is 4.36. The number of hydrogen-bond acceptors (Lipinski definition) is 3. The summed E-state index contributed by atoms with van der Waals surface area (Å²) in [6, 6.07) is 17.0. The Kier molecular flexibility index (Phi) is 5.09. The second kappa shape index (κ2) is 7.70. The average Bonchev–Trinajstić information content (AvgIpc) is 2.96. The van der Waals surface area contributed by atoms with Crippen LogP contribution in [0.25, 0.3) is 11.1 Å². The molecule has 2 aromatic rings. The van der Waals surface area contributed by atoms with Gasteiger partial charge in [-0.2, -0.15) is 0 Å². The summed E-state index contributed by atoms with van der Waals surface area (Å²) in [4.78, 5) is 38.9. The lowest BCUT2D eigenvalue weighted by Gasteiger charge is -2.36. The number of urea groups is 1. The number of amides is 4. The zero-order chi connectivity index (χ0) is 20.4. The Labute approximate surface area is 170 Å². The van der Waals surface area contributed by atoms with Gasteiger partial charge in [-0.1, -0.05) is 62.2 Å². The lowest BCUT2D eigenvalue weighted by Crippen LogP contribution is -2.54. The maximum Gasteiger partial charge on any atom is 0.325 e. The van der Waals surface area contributed by atoms with Gasteiger partial charge in [-0.25, -0.2) is 4.79 Å². The molecule has 0 aromatic heterocycles. The van der Waals surface area contributed by atoms with E-state index >= 15 is 0 Å². The Morgan fingerprint density at radius 2 is 1.76 bits per heavy atom. The van der Waals surface area contributed by atoms with Crippen molar-refractivity contribution >= 4 is 23.5 Å². The van der Waals surface area contributed by atoms with Crippen LogP contribution >= 0.6 is 0 Å². The highest BCUT2D eigenvalue weighted by molar-refractivity contribution is 6.10. The highest BCUT2D eigenvalue weighted by Gasteiger charge is 2.55. The van der Waals surface area contributed by atoms with Crippen molar-refractivity contribution in [2.75, 3.05) is 11.9 Å². The van der Waals surface area contributed by atoms with Crippen LogP contribution in [0.2, 0.25) is 0 Å². The monoisotopic (exact) mass is 391 g/mol. The zero-order valence-electron chi connectivity index (χ0n) is 16.5. The van der Waals surface area contributed by atoms with E-state index in [9.17, 15) is 14.4 Å². The van der Waals surface area contributed by atoms with E-state index in [1.165, 1.54) is 0 Å². The van der Waals surface area contributed by atoms with Gasteiger partial charge in [0, 0.05) is 5.69 Å². The molecule has 2 fully saturated rings. The summed E-state index contributed by atoms with van der Waals surface area (Å²) in [5.41, 5.74) is 1.93. The minimum atomic E-state index is -0.840. The van der Waals surface area contributed by atoms with Crippen LogP contribution in [-0.2, 0) is 9.59 Å². The molecule has 0 bridgehead atoms. The van der Waals surface area contributed by atoms with Crippen molar-refractivity contribution in [2.24, 2.45) is 5.92 Å². The molecule has 2 atom stereocenters. The summed E-state index contributed by atoms with van der Waals surface area (Å²) in [5, 5.41) is 5.65. The van der Waals surface area contributed by atoms with E-state index in [1.54, 1.807) is 0 Å². The minimum Gasteiger partial charge on any atom is -0.325 e. The van der Waals surface area contributed by atoms with Crippen molar-refractivity contribution in [2.45, 2.75) is 38.1 Å². The van der Waals surface area contributed by atoms with Gasteiger partial charge in [0.1, 0.15) is 12.1 Å². The number of anilines is 1. The van der Waals surface area contributed by atoms with E-state index in [0.29, 0.717) is 12.1 Å². The van der Waals surface area contributed by atoms with E-state index in [2.05, 4.69) is 10.6 Å². The molecule has 6 heteroatoms. The summed E-state index contributed by atoms with van der Waals surface area (Å²) in [6.45, 7) is 1.72. The van der Waals surface area contributed by atoms with E-state index in [1.807, 2.05) is 61.5 Å². The topological polar surface area (TPSA) is 78.5 Å². The van der Waals surface area contributed by atoms with Crippen molar-refractivity contribution in [3.63, 3.8) is 0 Å². The lowest BCUT2D eigenvalue weighted by molar-refractivity contribution is -0.136. The summed E-state index contributed by atoms with van der Waals surface area (Å²) in [7, 11) is 0. The summed E-state index contributed by atoms with van der Waals surface area (Å²) < 4.78 is 0. The number of carbonyl (C=O) groups excluding carboxylic acids is 3. The third-order valence-corrected chi connectivity index (χ3v) is 6.08. The smallest absolute Gasteiger partial charge is 0.325 e. The molecule has 1 aliphatic heterocycles. The zero-order valence-corrected chi connectivity index (χ0v) is 16.5. The maximum atomic E-state index is 13.0. The van der Waals surface area contributed by atoms with Gasteiger partial charge < -0.3 is 10.6 Å². The molecule has 2 aliphatic rings. The Morgan fingerprint density at radius 3 is 2.45 bits per heavy atom. The molecule has 4 amide bonds. The number of nitrogens with one attached hydrogen (secondary N) is 2. The number of carbonyl (C=O) groups is 3. The van der Waals surface area contributed by atoms with Gasteiger partial charge in [-0.05, 0) is 42.0 Å². The number of rotatable bonds is 4. The molecule has 6 nitrogen and oxygen atoms in total. The molecule has 1 aliphatic carbocycles. The first kappa shape index (κ1) is 19.2. The van der Waals surface area contributed by atoms with Gasteiger partial charge in [0.05, 0.1) is 0 Å². The number of benzene rings is 2. The first-order chi connectivity index (χ1) is 14.0. The van der Waals surface area contributed by atoms with Crippen LogP contribution in [0.15, 0.2) is 54.6 Å². The maximum absolute atomic E-state index is 13.0. The Balaban J connectivity index is 1.41. The molecule has 29 heavy (non-hydrogen) atoms. The largest absolute Gasteiger partial charge is 0.325 e. The van der Waals surface area contributed by atoms with Crippen molar-refractivity contribution in [3.8, 4) is 11.1 Å². The third kappa shape index (κ3) is 3.62. The van der Waals surface area contributed by atoms with Crippen LogP contribution in [0.5, 0.6) is 0 Å². The summed E-state index contributed by atoms with van der Waals surface area (Å²) >= 11 is 0. The summed E-state index contributed by atoms with van der Waals surface area (Å²) in [6.07, 6.45) is 3.51. The van der Waals surface area contributed by atoms with Gasteiger partial charge in [-0.3, -0.25) is 14.5 Å². The predicted octanol–water partition coefficient (Wildman–Crippen LogP) is 3.79. The van der Waals surface area contributed by atoms with E-state index < -0.39 is 11.6 Å². The van der Waals surface area contributed by atoms with Gasteiger partial charge >= 0.3 is 6.03 Å². The Morgan fingerprint density at radius 1 is 1.07 bits per heavy atom. The highest BCUT2D eigenvalue weighted by atomic mass is 16.2.